The third-order valence-corrected chi connectivity index (χ3v) is 4.23. The van der Waals surface area contributed by atoms with Crippen LogP contribution in [0.4, 0.5) is 0 Å². The van der Waals surface area contributed by atoms with E-state index < -0.39 is 5.60 Å². The molecule has 0 aromatic carbocycles. The van der Waals surface area contributed by atoms with Gasteiger partial charge in [-0.1, -0.05) is 20.8 Å². The average molecular weight is 251 g/mol. The van der Waals surface area contributed by atoms with Crippen molar-refractivity contribution in [1.82, 2.24) is 5.32 Å². The molecule has 1 aliphatic rings. The highest BCUT2D eigenvalue weighted by Crippen LogP contribution is 2.47. The molecule has 0 spiro atoms. The first-order valence-electron chi connectivity index (χ1n) is 7.09. The van der Waals surface area contributed by atoms with Crippen LogP contribution in [0.3, 0.4) is 0 Å². The maximum atomic E-state index is 10.2. The van der Waals surface area contributed by atoms with E-state index in [0.29, 0.717) is 19.0 Å². The minimum Gasteiger partial charge on any atom is -0.464 e. The molecule has 1 aromatic rings. The number of rotatable bonds is 7. The smallest absolute Gasteiger partial charge is 0.117 e. The zero-order valence-electron chi connectivity index (χ0n) is 11.7. The minimum atomic E-state index is -0.583. The number of hydrogen-bond donors (Lipinski definition) is 2. The van der Waals surface area contributed by atoms with Gasteiger partial charge in [-0.3, -0.25) is 0 Å². The van der Waals surface area contributed by atoms with Crippen LogP contribution >= 0.6 is 0 Å². The van der Waals surface area contributed by atoms with Crippen molar-refractivity contribution in [2.75, 3.05) is 6.54 Å². The second kappa shape index (κ2) is 5.45. The summed E-state index contributed by atoms with van der Waals surface area (Å²) >= 11 is 0. The number of aliphatic hydroxyl groups is 1. The molecule has 0 saturated heterocycles. The summed E-state index contributed by atoms with van der Waals surface area (Å²) in [4.78, 5) is 0. The average Bonchev–Trinajstić information content (AvgIpc) is 2.92. The quantitative estimate of drug-likeness (QED) is 0.783. The second-order valence-corrected chi connectivity index (χ2v) is 5.66. The van der Waals surface area contributed by atoms with Gasteiger partial charge in [0.2, 0.25) is 0 Å². The summed E-state index contributed by atoms with van der Waals surface area (Å²) in [7, 11) is 0. The lowest BCUT2D eigenvalue weighted by Gasteiger charge is -2.25. The molecule has 0 radical (unpaired) electrons. The van der Waals surface area contributed by atoms with Crippen LogP contribution in [0.1, 0.15) is 57.5 Å². The molecule has 0 amide bonds. The summed E-state index contributed by atoms with van der Waals surface area (Å²) in [6.07, 6.45) is 2.81. The van der Waals surface area contributed by atoms with Gasteiger partial charge < -0.3 is 14.8 Å². The minimum absolute atomic E-state index is 0.583. The van der Waals surface area contributed by atoms with E-state index >= 15 is 0 Å². The number of nitrogens with one attached hydrogen (secondary N) is 1. The molecule has 1 saturated carbocycles. The molecule has 0 bridgehead atoms. The van der Waals surface area contributed by atoms with Gasteiger partial charge >= 0.3 is 0 Å². The highest BCUT2D eigenvalue weighted by atomic mass is 16.3. The van der Waals surface area contributed by atoms with E-state index in [1.165, 1.54) is 6.42 Å². The van der Waals surface area contributed by atoms with Crippen LogP contribution < -0.4 is 5.32 Å². The standard InChI is InChI=1S/C15H25NO2/c1-4-15(17,5-2)10-16-9-12-6-7-14(18-12)13-8-11(13)3/h6-7,11,13,16-17H,4-5,8-10H2,1-3H3. The van der Waals surface area contributed by atoms with E-state index in [1.54, 1.807) is 0 Å². The second-order valence-electron chi connectivity index (χ2n) is 5.66. The van der Waals surface area contributed by atoms with Crippen molar-refractivity contribution in [1.29, 1.82) is 0 Å². The van der Waals surface area contributed by atoms with Crippen molar-refractivity contribution in [2.24, 2.45) is 5.92 Å². The molecule has 1 heterocycles. The third kappa shape index (κ3) is 3.15. The van der Waals surface area contributed by atoms with Crippen molar-refractivity contribution in [3.63, 3.8) is 0 Å². The molecule has 1 aromatic heterocycles. The summed E-state index contributed by atoms with van der Waals surface area (Å²) in [5, 5.41) is 13.4. The first-order chi connectivity index (χ1) is 8.58. The van der Waals surface area contributed by atoms with Crippen LogP contribution in [0.5, 0.6) is 0 Å². The Morgan fingerprint density at radius 1 is 1.39 bits per heavy atom. The maximum absolute atomic E-state index is 10.2. The van der Waals surface area contributed by atoms with Crippen LogP contribution in [0.15, 0.2) is 16.5 Å². The summed E-state index contributed by atoms with van der Waals surface area (Å²) in [5.74, 6) is 3.52. The van der Waals surface area contributed by atoms with Crippen LogP contribution in [0.25, 0.3) is 0 Å². The van der Waals surface area contributed by atoms with Crippen LogP contribution in [-0.4, -0.2) is 17.3 Å². The molecule has 2 atom stereocenters. The highest BCUT2D eigenvalue weighted by molar-refractivity contribution is 5.17. The SMILES string of the molecule is CCC(O)(CC)CNCc1ccc(C2CC2C)o1. The molecule has 1 fully saturated rings. The predicted molar refractivity (Wildman–Crippen MR) is 72.5 cm³/mol. The fourth-order valence-electron chi connectivity index (χ4n) is 2.33. The monoisotopic (exact) mass is 251 g/mol. The lowest BCUT2D eigenvalue weighted by atomic mass is 9.98. The Kier molecular flexibility index (Phi) is 4.13. The summed E-state index contributed by atoms with van der Waals surface area (Å²) in [6.45, 7) is 7.61. The van der Waals surface area contributed by atoms with Crippen molar-refractivity contribution in [3.8, 4) is 0 Å². The molecule has 1 aliphatic carbocycles. The summed E-state index contributed by atoms with van der Waals surface area (Å²) in [6, 6.07) is 4.14. The Morgan fingerprint density at radius 3 is 2.61 bits per heavy atom. The number of hydrogen-bond acceptors (Lipinski definition) is 3. The maximum Gasteiger partial charge on any atom is 0.117 e. The van der Waals surface area contributed by atoms with E-state index in [1.807, 2.05) is 19.9 Å². The molecule has 0 aliphatic heterocycles. The van der Waals surface area contributed by atoms with Gasteiger partial charge in [-0.2, -0.15) is 0 Å². The lowest BCUT2D eigenvalue weighted by Crippen LogP contribution is -2.39. The summed E-state index contributed by atoms with van der Waals surface area (Å²) in [5.41, 5.74) is -0.583. The molecule has 3 heteroatoms. The fourth-order valence-corrected chi connectivity index (χ4v) is 2.33. The molecule has 2 N–H and O–H groups in total. The Bertz CT molecular complexity index is 382. The van der Waals surface area contributed by atoms with E-state index in [4.69, 9.17) is 4.42 Å². The topological polar surface area (TPSA) is 45.4 Å². The Morgan fingerprint density at radius 2 is 2.06 bits per heavy atom. The van der Waals surface area contributed by atoms with Gasteiger partial charge in [-0.25, -0.2) is 0 Å². The molecule has 3 nitrogen and oxygen atoms in total. The normalized spacial score (nSPS) is 23.3. The summed E-state index contributed by atoms with van der Waals surface area (Å²) < 4.78 is 5.82. The van der Waals surface area contributed by atoms with Gasteiger partial charge in [0.1, 0.15) is 11.5 Å². The molecule has 18 heavy (non-hydrogen) atoms. The number of furan rings is 1. The van der Waals surface area contributed by atoms with Gasteiger partial charge in [0.05, 0.1) is 12.1 Å². The zero-order chi connectivity index (χ0) is 13.2. The largest absolute Gasteiger partial charge is 0.464 e. The van der Waals surface area contributed by atoms with Crippen LogP contribution in [0.2, 0.25) is 0 Å². The van der Waals surface area contributed by atoms with Crippen molar-refractivity contribution in [2.45, 2.75) is 58.1 Å². The van der Waals surface area contributed by atoms with Crippen LogP contribution in [0, 0.1) is 5.92 Å². The molecule has 102 valence electrons. The Labute approximate surface area is 110 Å². The first-order valence-corrected chi connectivity index (χ1v) is 7.09. The van der Waals surface area contributed by atoms with Gasteiger partial charge in [0.25, 0.3) is 0 Å². The fraction of sp³-hybridized carbons (Fsp3) is 0.733. The Hall–Kier alpha value is -0.800. The van der Waals surface area contributed by atoms with Gasteiger partial charge in [0, 0.05) is 12.5 Å². The molecular weight excluding hydrogens is 226 g/mol. The van der Waals surface area contributed by atoms with Gasteiger partial charge in [-0.15, -0.1) is 0 Å². The van der Waals surface area contributed by atoms with E-state index in [9.17, 15) is 5.11 Å². The lowest BCUT2D eigenvalue weighted by molar-refractivity contribution is 0.0319. The first kappa shape index (κ1) is 13.6. The van der Waals surface area contributed by atoms with Crippen molar-refractivity contribution >= 4 is 0 Å². The van der Waals surface area contributed by atoms with Gasteiger partial charge in [-0.05, 0) is 37.3 Å². The third-order valence-electron chi connectivity index (χ3n) is 4.23. The Balaban J connectivity index is 1.78. The van der Waals surface area contributed by atoms with Gasteiger partial charge in [0.15, 0.2) is 0 Å². The van der Waals surface area contributed by atoms with Crippen molar-refractivity contribution in [3.05, 3.63) is 23.7 Å². The molecule has 2 rings (SSSR count). The molecular formula is C15H25NO2. The highest BCUT2D eigenvalue weighted by Gasteiger charge is 2.36. The van der Waals surface area contributed by atoms with E-state index in [0.717, 1.165) is 30.3 Å². The van der Waals surface area contributed by atoms with E-state index in [-0.39, 0.29) is 0 Å². The van der Waals surface area contributed by atoms with E-state index in [2.05, 4.69) is 18.3 Å². The zero-order valence-corrected chi connectivity index (χ0v) is 11.7. The molecule has 2 unspecified atom stereocenters. The van der Waals surface area contributed by atoms with Crippen molar-refractivity contribution < 1.29 is 9.52 Å². The van der Waals surface area contributed by atoms with Crippen LogP contribution in [-0.2, 0) is 6.54 Å². The predicted octanol–water partition coefficient (Wildman–Crippen LogP) is 3.04.